The monoisotopic (exact) mass is 378 g/mol. The normalized spacial score (nSPS) is 12.4. The minimum absolute atomic E-state index is 0.127. The molecule has 0 aromatic carbocycles. The number of nitrogens with zero attached hydrogens (tertiary/aromatic N) is 3. The Morgan fingerprint density at radius 3 is 2.38 bits per heavy atom. The van der Waals surface area contributed by atoms with E-state index in [1.807, 2.05) is 25.5 Å². The molecule has 2 N–H and O–H groups in total. The summed E-state index contributed by atoms with van der Waals surface area (Å²) < 4.78 is 1.95. The number of carboxylic acids is 1. The average Bonchev–Trinajstić information content (AvgIpc) is 3.03. The highest BCUT2D eigenvalue weighted by Crippen LogP contribution is 2.24. The lowest BCUT2D eigenvalue weighted by Crippen LogP contribution is -2.28. The summed E-state index contributed by atoms with van der Waals surface area (Å²) in [5.74, 6) is -0.641. The van der Waals surface area contributed by atoms with Crippen LogP contribution in [0.5, 0.6) is 0 Å². The van der Waals surface area contributed by atoms with Gasteiger partial charge in [0.25, 0.3) is 0 Å². The van der Waals surface area contributed by atoms with Gasteiger partial charge in [-0.25, -0.2) is 9.78 Å². The summed E-state index contributed by atoms with van der Waals surface area (Å²) in [6, 6.07) is -0.342. The predicted octanol–water partition coefficient (Wildman–Crippen LogP) is 3.04. The fourth-order valence-corrected chi connectivity index (χ4v) is 3.74. The highest BCUT2D eigenvalue weighted by molar-refractivity contribution is 7.13. The number of amides is 1. The summed E-state index contributed by atoms with van der Waals surface area (Å²) in [5.41, 5.74) is 3.29. The van der Waals surface area contributed by atoms with Crippen molar-refractivity contribution in [1.82, 2.24) is 20.1 Å². The minimum atomic E-state index is -0.992. The van der Waals surface area contributed by atoms with E-state index >= 15 is 0 Å². The van der Waals surface area contributed by atoms with Gasteiger partial charge >= 0.3 is 5.97 Å². The first-order valence-corrected chi connectivity index (χ1v) is 9.44. The van der Waals surface area contributed by atoms with E-state index in [1.54, 1.807) is 6.92 Å². The van der Waals surface area contributed by atoms with Crippen molar-refractivity contribution in [2.75, 3.05) is 0 Å². The third-order valence-electron chi connectivity index (χ3n) is 4.16. The van der Waals surface area contributed by atoms with Crippen molar-refractivity contribution in [2.24, 2.45) is 5.92 Å². The van der Waals surface area contributed by atoms with Crippen molar-refractivity contribution in [1.29, 1.82) is 0 Å². The summed E-state index contributed by atoms with van der Waals surface area (Å²) >= 11 is 1.10. The zero-order chi connectivity index (χ0) is 19.6. The number of hydrogen-bond donors (Lipinski definition) is 2. The fourth-order valence-electron chi connectivity index (χ4n) is 2.83. The summed E-state index contributed by atoms with van der Waals surface area (Å²) in [7, 11) is 0. The van der Waals surface area contributed by atoms with Crippen LogP contribution in [0.25, 0.3) is 0 Å². The van der Waals surface area contributed by atoms with Gasteiger partial charge in [0.05, 0.1) is 23.9 Å². The van der Waals surface area contributed by atoms with E-state index in [4.69, 9.17) is 5.11 Å². The molecule has 0 spiro atoms. The molecule has 2 aromatic rings. The lowest BCUT2D eigenvalue weighted by Gasteiger charge is -2.12. The number of thiazole rings is 1. The minimum Gasteiger partial charge on any atom is -0.477 e. The second-order valence-corrected chi connectivity index (χ2v) is 7.99. The van der Waals surface area contributed by atoms with Crippen molar-refractivity contribution >= 4 is 23.2 Å². The maximum atomic E-state index is 12.5. The molecule has 2 aromatic heterocycles. The Hall–Kier alpha value is -2.22. The number of rotatable bonds is 7. The highest BCUT2D eigenvalue weighted by Gasteiger charge is 2.21. The average molecular weight is 378 g/mol. The molecule has 1 atom stereocenters. The summed E-state index contributed by atoms with van der Waals surface area (Å²) in [5, 5.41) is 17.2. The maximum Gasteiger partial charge on any atom is 0.347 e. The smallest absolute Gasteiger partial charge is 0.347 e. The predicted molar refractivity (Wildman–Crippen MR) is 101 cm³/mol. The van der Waals surface area contributed by atoms with Crippen LogP contribution in [-0.2, 0) is 17.8 Å². The third-order valence-corrected chi connectivity index (χ3v) is 5.49. The molecular formula is C18H26N4O3S. The van der Waals surface area contributed by atoms with Crippen LogP contribution < -0.4 is 5.32 Å². The molecule has 2 rings (SSSR count). The Kier molecular flexibility index (Phi) is 6.17. The van der Waals surface area contributed by atoms with Gasteiger partial charge in [-0.15, -0.1) is 11.3 Å². The molecule has 0 saturated heterocycles. The number of aryl methyl sites for hydroxylation is 2. The molecule has 1 amide bonds. The molecule has 142 valence electrons. The molecule has 7 nitrogen and oxygen atoms in total. The number of carboxylic acid groups (broad SMARTS) is 1. The molecule has 0 bridgehead atoms. The summed E-state index contributed by atoms with van der Waals surface area (Å²) in [6.45, 7) is 12.5. The van der Waals surface area contributed by atoms with Crippen LogP contribution in [0.2, 0.25) is 0 Å². The molecule has 0 aliphatic heterocycles. The summed E-state index contributed by atoms with van der Waals surface area (Å²) in [4.78, 5) is 28.1. The third kappa shape index (κ3) is 4.49. The maximum absolute atomic E-state index is 12.5. The Morgan fingerprint density at radius 1 is 1.19 bits per heavy atom. The van der Waals surface area contributed by atoms with E-state index in [-0.39, 0.29) is 23.2 Å². The summed E-state index contributed by atoms with van der Waals surface area (Å²) in [6.07, 6.45) is 0.246. The first-order chi connectivity index (χ1) is 12.1. The molecule has 1 unspecified atom stereocenters. The number of nitrogens with one attached hydrogen (secondary N) is 1. The van der Waals surface area contributed by atoms with Crippen LogP contribution in [0.1, 0.15) is 64.1 Å². The van der Waals surface area contributed by atoms with Crippen molar-refractivity contribution in [3.8, 4) is 0 Å². The van der Waals surface area contributed by atoms with E-state index in [0.29, 0.717) is 16.6 Å². The van der Waals surface area contributed by atoms with Gasteiger partial charge in [0.2, 0.25) is 5.91 Å². The number of carbonyl (C=O) groups is 2. The lowest BCUT2D eigenvalue weighted by atomic mass is 10.1. The SMILES string of the molecule is Cc1nc(C(C)NC(=O)Cc2c(C)nn(CC(C)C)c2C)sc1C(=O)O. The second-order valence-electron chi connectivity index (χ2n) is 6.96. The second kappa shape index (κ2) is 7.99. The van der Waals surface area contributed by atoms with Gasteiger partial charge < -0.3 is 10.4 Å². The molecule has 0 fully saturated rings. The van der Waals surface area contributed by atoms with Crippen LogP contribution in [-0.4, -0.2) is 31.7 Å². The Morgan fingerprint density at radius 2 is 1.85 bits per heavy atom. The van der Waals surface area contributed by atoms with Crippen LogP contribution in [0.15, 0.2) is 0 Å². The van der Waals surface area contributed by atoms with Gasteiger partial charge in [0.15, 0.2) is 0 Å². The molecule has 2 heterocycles. The Labute approximate surface area is 157 Å². The van der Waals surface area contributed by atoms with E-state index in [0.717, 1.165) is 34.8 Å². The Bertz CT molecular complexity index is 823. The fraction of sp³-hybridized carbons (Fsp3) is 0.556. The van der Waals surface area contributed by atoms with Gasteiger partial charge in [-0.05, 0) is 33.6 Å². The van der Waals surface area contributed by atoms with Gasteiger partial charge in [0, 0.05) is 17.8 Å². The van der Waals surface area contributed by atoms with E-state index in [1.165, 1.54) is 0 Å². The van der Waals surface area contributed by atoms with Crippen LogP contribution in [0.3, 0.4) is 0 Å². The molecule has 26 heavy (non-hydrogen) atoms. The molecule has 0 radical (unpaired) electrons. The number of hydrogen-bond acceptors (Lipinski definition) is 5. The highest BCUT2D eigenvalue weighted by atomic mass is 32.1. The lowest BCUT2D eigenvalue weighted by molar-refractivity contribution is -0.121. The molecule has 0 saturated carbocycles. The van der Waals surface area contributed by atoms with Crippen molar-refractivity contribution in [3.05, 3.63) is 32.5 Å². The van der Waals surface area contributed by atoms with Crippen molar-refractivity contribution in [2.45, 2.75) is 60.5 Å². The first kappa shape index (κ1) is 20.1. The van der Waals surface area contributed by atoms with Crippen LogP contribution >= 0.6 is 11.3 Å². The van der Waals surface area contributed by atoms with Gasteiger partial charge in [-0.3, -0.25) is 9.48 Å². The quantitative estimate of drug-likeness (QED) is 0.772. The number of aromatic carboxylic acids is 1. The zero-order valence-electron chi connectivity index (χ0n) is 16.1. The molecule has 0 aliphatic rings. The number of aromatic nitrogens is 3. The van der Waals surface area contributed by atoms with Gasteiger partial charge in [0.1, 0.15) is 9.88 Å². The molecule has 8 heteroatoms. The molecular weight excluding hydrogens is 352 g/mol. The zero-order valence-corrected chi connectivity index (χ0v) is 16.9. The topological polar surface area (TPSA) is 97.1 Å². The van der Waals surface area contributed by atoms with Crippen LogP contribution in [0.4, 0.5) is 0 Å². The number of carbonyl (C=O) groups excluding carboxylic acids is 1. The van der Waals surface area contributed by atoms with Gasteiger partial charge in [-0.1, -0.05) is 13.8 Å². The largest absolute Gasteiger partial charge is 0.477 e. The van der Waals surface area contributed by atoms with Gasteiger partial charge in [-0.2, -0.15) is 5.10 Å². The van der Waals surface area contributed by atoms with Crippen molar-refractivity contribution < 1.29 is 14.7 Å². The standard InChI is InChI=1S/C18H26N4O3S/c1-9(2)8-22-13(6)14(10(3)21-22)7-15(23)19-12(5)17-20-11(4)16(26-17)18(24)25/h9,12H,7-8H2,1-6H3,(H,19,23)(H,24,25). The van der Waals surface area contributed by atoms with E-state index < -0.39 is 5.97 Å². The van der Waals surface area contributed by atoms with Crippen molar-refractivity contribution in [3.63, 3.8) is 0 Å². The molecule has 0 aliphatic carbocycles. The van der Waals surface area contributed by atoms with E-state index in [2.05, 4.69) is 29.2 Å². The first-order valence-electron chi connectivity index (χ1n) is 8.63. The Balaban J connectivity index is 2.08. The van der Waals surface area contributed by atoms with Crippen LogP contribution in [0, 0.1) is 26.7 Å². The van der Waals surface area contributed by atoms with E-state index in [9.17, 15) is 9.59 Å².